The minimum atomic E-state index is -1.45. The topological polar surface area (TPSA) is 108 Å². The number of hydrogen-bond donors (Lipinski definition) is 1. The molecule has 8 nitrogen and oxygen atoms in total. The Morgan fingerprint density at radius 1 is 1.00 bits per heavy atom. The second-order valence-corrected chi connectivity index (χ2v) is 4.02. The van der Waals surface area contributed by atoms with Gasteiger partial charge in [0, 0.05) is 20.8 Å². The molecule has 0 spiro atoms. The summed E-state index contributed by atoms with van der Waals surface area (Å²) in [5.41, 5.74) is 0. The molecule has 1 heterocycles. The molecule has 1 aliphatic heterocycles. The number of carbonyl (C=O) groups is 3. The maximum Gasteiger partial charge on any atom is 0.303 e. The van der Waals surface area contributed by atoms with Crippen molar-refractivity contribution in [2.75, 3.05) is 6.61 Å². The fourth-order valence-electron chi connectivity index (χ4n) is 1.69. The van der Waals surface area contributed by atoms with Crippen molar-refractivity contribution >= 4 is 17.9 Å². The molecule has 1 aliphatic rings. The predicted molar refractivity (Wildman–Crippen MR) is 58.6 cm³/mol. The van der Waals surface area contributed by atoms with Gasteiger partial charge in [-0.05, 0) is 0 Å². The highest BCUT2D eigenvalue weighted by atomic mass is 16.7. The summed E-state index contributed by atoms with van der Waals surface area (Å²) in [4.78, 5) is 32.7. The van der Waals surface area contributed by atoms with Gasteiger partial charge in [0.15, 0.2) is 18.5 Å². The maximum atomic E-state index is 11.0. The lowest BCUT2D eigenvalue weighted by Gasteiger charge is -2.21. The molecule has 0 aromatic heterocycles. The van der Waals surface area contributed by atoms with Crippen LogP contribution in [0.1, 0.15) is 20.8 Å². The molecular formula is C11H16O8. The van der Waals surface area contributed by atoms with Crippen molar-refractivity contribution in [3.63, 3.8) is 0 Å². The molecule has 1 N–H and O–H groups in total. The van der Waals surface area contributed by atoms with Gasteiger partial charge in [-0.2, -0.15) is 0 Å². The van der Waals surface area contributed by atoms with Crippen LogP contribution in [0.25, 0.3) is 0 Å². The minimum absolute atomic E-state index is 0.220. The number of carbonyl (C=O) groups excluding carboxylic acids is 3. The van der Waals surface area contributed by atoms with Gasteiger partial charge in [-0.25, -0.2) is 0 Å². The first-order valence-electron chi connectivity index (χ1n) is 5.62. The van der Waals surface area contributed by atoms with E-state index in [0.29, 0.717) is 0 Å². The van der Waals surface area contributed by atoms with Crippen LogP contribution in [0.2, 0.25) is 0 Å². The summed E-state index contributed by atoms with van der Waals surface area (Å²) < 4.78 is 19.6. The number of aliphatic hydroxyl groups excluding tert-OH is 1. The van der Waals surface area contributed by atoms with Crippen molar-refractivity contribution in [1.82, 2.24) is 0 Å². The van der Waals surface area contributed by atoms with Crippen LogP contribution in [0.15, 0.2) is 0 Å². The molecule has 108 valence electrons. The van der Waals surface area contributed by atoms with Crippen molar-refractivity contribution in [2.45, 2.75) is 45.4 Å². The molecule has 1 fully saturated rings. The van der Waals surface area contributed by atoms with Gasteiger partial charge in [0.25, 0.3) is 0 Å². The summed E-state index contributed by atoms with van der Waals surface area (Å²) in [6.45, 7) is 3.30. The average Bonchev–Trinajstić information content (AvgIpc) is 2.53. The number of ether oxygens (including phenoxy) is 4. The first kappa shape index (κ1) is 15.4. The third-order valence-electron chi connectivity index (χ3n) is 2.34. The van der Waals surface area contributed by atoms with Crippen LogP contribution < -0.4 is 0 Å². The van der Waals surface area contributed by atoms with Crippen LogP contribution >= 0.6 is 0 Å². The van der Waals surface area contributed by atoms with Crippen LogP contribution in [0.4, 0.5) is 0 Å². The van der Waals surface area contributed by atoms with Crippen LogP contribution in [0.3, 0.4) is 0 Å². The van der Waals surface area contributed by atoms with Crippen molar-refractivity contribution in [3.8, 4) is 0 Å². The molecular weight excluding hydrogens is 260 g/mol. The van der Waals surface area contributed by atoms with E-state index < -0.39 is 42.5 Å². The van der Waals surface area contributed by atoms with Crippen LogP contribution in [-0.4, -0.2) is 54.2 Å². The fraction of sp³-hybridized carbons (Fsp3) is 0.727. The Balaban J connectivity index is 2.76. The number of esters is 3. The van der Waals surface area contributed by atoms with Crippen LogP contribution in [-0.2, 0) is 33.3 Å². The molecule has 1 saturated heterocycles. The first-order valence-corrected chi connectivity index (χ1v) is 5.62. The standard InChI is InChI=1S/C11H16O8/c1-5(12)16-4-8-9(17-6(2)13)10(11(15)19-8)18-7(3)14/h8-11,15H,4H2,1-3H3/t8-,9-,10-,11+/m0/s1. The van der Waals surface area contributed by atoms with Crippen molar-refractivity contribution in [1.29, 1.82) is 0 Å². The molecule has 0 unspecified atom stereocenters. The second-order valence-electron chi connectivity index (χ2n) is 4.02. The predicted octanol–water partition coefficient (Wildman–Crippen LogP) is -0.870. The molecule has 0 aromatic rings. The number of aliphatic hydroxyl groups is 1. The molecule has 4 atom stereocenters. The van der Waals surface area contributed by atoms with Crippen LogP contribution in [0, 0.1) is 0 Å². The zero-order valence-corrected chi connectivity index (χ0v) is 10.8. The number of rotatable bonds is 4. The fourth-order valence-corrected chi connectivity index (χ4v) is 1.69. The number of hydrogen-bond acceptors (Lipinski definition) is 8. The zero-order chi connectivity index (χ0) is 14.6. The average molecular weight is 276 g/mol. The van der Waals surface area contributed by atoms with Gasteiger partial charge < -0.3 is 24.1 Å². The summed E-state index contributed by atoms with van der Waals surface area (Å²) in [6, 6.07) is 0. The van der Waals surface area contributed by atoms with E-state index in [1.807, 2.05) is 0 Å². The van der Waals surface area contributed by atoms with Gasteiger partial charge in [-0.3, -0.25) is 14.4 Å². The van der Waals surface area contributed by atoms with Crippen molar-refractivity contribution in [2.24, 2.45) is 0 Å². The van der Waals surface area contributed by atoms with E-state index in [-0.39, 0.29) is 6.61 Å². The Bertz CT molecular complexity index is 366. The molecule has 1 rings (SSSR count). The van der Waals surface area contributed by atoms with Gasteiger partial charge in [0.2, 0.25) is 0 Å². The molecule has 0 saturated carbocycles. The molecule has 19 heavy (non-hydrogen) atoms. The Kier molecular flexibility index (Phi) is 5.25. The largest absolute Gasteiger partial charge is 0.463 e. The first-order chi connectivity index (χ1) is 8.81. The van der Waals surface area contributed by atoms with Gasteiger partial charge in [0.05, 0.1) is 0 Å². The third-order valence-corrected chi connectivity index (χ3v) is 2.34. The van der Waals surface area contributed by atoms with Gasteiger partial charge in [0.1, 0.15) is 12.7 Å². The van der Waals surface area contributed by atoms with E-state index in [1.165, 1.54) is 13.8 Å². The van der Waals surface area contributed by atoms with Crippen molar-refractivity contribution in [3.05, 3.63) is 0 Å². The van der Waals surface area contributed by atoms with E-state index in [4.69, 9.17) is 18.9 Å². The highest BCUT2D eigenvalue weighted by molar-refractivity contribution is 5.67. The van der Waals surface area contributed by atoms with Gasteiger partial charge >= 0.3 is 17.9 Å². The van der Waals surface area contributed by atoms with E-state index in [9.17, 15) is 19.5 Å². The SMILES string of the molecule is CC(=O)OC[C@@H]1O[C@@H](O)[C@@H](OC(C)=O)[C@H]1OC(C)=O. The van der Waals surface area contributed by atoms with Gasteiger partial charge in [-0.1, -0.05) is 0 Å². The summed E-state index contributed by atoms with van der Waals surface area (Å²) >= 11 is 0. The molecule has 0 radical (unpaired) electrons. The summed E-state index contributed by atoms with van der Waals surface area (Å²) in [5, 5.41) is 9.63. The Hall–Kier alpha value is -1.67. The normalized spacial score (nSPS) is 29.7. The molecule has 0 amide bonds. The molecule has 8 heteroatoms. The summed E-state index contributed by atoms with van der Waals surface area (Å²) in [7, 11) is 0. The highest BCUT2D eigenvalue weighted by Crippen LogP contribution is 2.26. The van der Waals surface area contributed by atoms with Gasteiger partial charge in [-0.15, -0.1) is 0 Å². The Morgan fingerprint density at radius 2 is 1.53 bits per heavy atom. The Morgan fingerprint density at radius 3 is 2.00 bits per heavy atom. The molecule has 0 bridgehead atoms. The van der Waals surface area contributed by atoms with E-state index >= 15 is 0 Å². The lowest BCUT2D eigenvalue weighted by Crippen LogP contribution is -2.41. The molecule has 0 aliphatic carbocycles. The third kappa shape index (κ3) is 4.49. The van der Waals surface area contributed by atoms with Crippen molar-refractivity contribution < 1.29 is 38.4 Å². The minimum Gasteiger partial charge on any atom is -0.463 e. The quantitative estimate of drug-likeness (QED) is 0.521. The van der Waals surface area contributed by atoms with E-state index in [2.05, 4.69) is 0 Å². The maximum absolute atomic E-state index is 11.0. The Labute approximate surface area is 109 Å². The summed E-state index contributed by atoms with van der Waals surface area (Å²) in [6.07, 6.45) is -4.53. The van der Waals surface area contributed by atoms with E-state index in [0.717, 1.165) is 6.92 Å². The lowest BCUT2D eigenvalue weighted by atomic mass is 10.1. The monoisotopic (exact) mass is 276 g/mol. The smallest absolute Gasteiger partial charge is 0.303 e. The van der Waals surface area contributed by atoms with E-state index in [1.54, 1.807) is 0 Å². The second kappa shape index (κ2) is 6.48. The van der Waals surface area contributed by atoms with Crippen LogP contribution in [0.5, 0.6) is 0 Å². The zero-order valence-electron chi connectivity index (χ0n) is 10.8. The lowest BCUT2D eigenvalue weighted by molar-refractivity contribution is -0.174. The highest BCUT2D eigenvalue weighted by Gasteiger charge is 2.48. The summed E-state index contributed by atoms with van der Waals surface area (Å²) in [5.74, 6) is -1.83. The molecule has 0 aromatic carbocycles.